The minimum absolute atomic E-state index is 0.0222. The van der Waals surface area contributed by atoms with Gasteiger partial charge in [-0.2, -0.15) is 0 Å². The first kappa shape index (κ1) is 25.0. The predicted molar refractivity (Wildman–Crippen MR) is 135 cm³/mol. The molecule has 4 fully saturated rings. The van der Waals surface area contributed by atoms with Crippen LogP contribution in [0.1, 0.15) is 44.9 Å². The standard InChI is InChI=1S/C27H39N5O4/c33-25-8-4-12-29(25)14-5-15-31-17-23(36-20-21-9-10-21)18-32(19-26(31)34)27(35)22-6-3-13-30(16-22)24-7-1-2-11-28-24/h1-2,7,11,21-23H,3-6,8-10,12-20H2. The van der Waals surface area contributed by atoms with Crippen molar-refractivity contribution in [2.24, 2.45) is 11.8 Å². The summed E-state index contributed by atoms with van der Waals surface area (Å²) in [4.78, 5) is 51.0. The molecule has 4 heterocycles. The van der Waals surface area contributed by atoms with E-state index in [1.807, 2.05) is 28.0 Å². The van der Waals surface area contributed by atoms with E-state index in [9.17, 15) is 14.4 Å². The molecular weight excluding hydrogens is 458 g/mol. The number of ether oxygens (including phenoxy) is 1. The summed E-state index contributed by atoms with van der Waals surface area (Å²) in [7, 11) is 0. The van der Waals surface area contributed by atoms with Gasteiger partial charge < -0.3 is 24.3 Å². The molecule has 4 aliphatic rings. The second-order valence-corrected chi connectivity index (χ2v) is 10.8. The van der Waals surface area contributed by atoms with Crippen LogP contribution in [0.15, 0.2) is 24.4 Å². The number of carbonyl (C=O) groups excluding carboxylic acids is 3. The van der Waals surface area contributed by atoms with Crippen molar-refractivity contribution in [2.75, 3.05) is 63.9 Å². The highest BCUT2D eigenvalue weighted by atomic mass is 16.5. The third-order valence-corrected chi connectivity index (χ3v) is 7.87. The zero-order valence-electron chi connectivity index (χ0n) is 21.2. The van der Waals surface area contributed by atoms with Crippen LogP contribution < -0.4 is 4.90 Å². The van der Waals surface area contributed by atoms with E-state index < -0.39 is 0 Å². The SMILES string of the molecule is O=C1CCCN1CCCN1CC(OCC2CC2)CN(C(=O)C2CCCN(c3ccccn3)C2)CC1=O. The molecule has 1 aromatic heterocycles. The molecule has 3 aliphatic heterocycles. The number of anilines is 1. The van der Waals surface area contributed by atoms with E-state index in [0.29, 0.717) is 51.7 Å². The molecule has 0 radical (unpaired) electrons. The summed E-state index contributed by atoms with van der Waals surface area (Å²) in [5.74, 6) is 1.61. The Labute approximate surface area is 213 Å². The van der Waals surface area contributed by atoms with Gasteiger partial charge in [0.05, 0.1) is 18.6 Å². The fourth-order valence-electron chi connectivity index (χ4n) is 5.60. The molecule has 9 nitrogen and oxygen atoms in total. The first-order valence-corrected chi connectivity index (χ1v) is 13.7. The van der Waals surface area contributed by atoms with Gasteiger partial charge >= 0.3 is 0 Å². The average Bonchev–Trinajstić information content (AvgIpc) is 3.67. The summed E-state index contributed by atoms with van der Waals surface area (Å²) < 4.78 is 6.25. The Hall–Kier alpha value is -2.68. The Morgan fingerprint density at radius 3 is 2.58 bits per heavy atom. The van der Waals surface area contributed by atoms with Crippen LogP contribution in [0.5, 0.6) is 0 Å². The van der Waals surface area contributed by atoms with Crippen molar-refractivity contribution in [3.05, 3.63) is 24.4 Å². The summed E-state index contributed by atoms with van der Waals surface area (Å²) >= 11 is 0. The quantitative estimate of drug-likeness (QED) is 0.517. The van der Waals surface area contributed by atoms with Gasteiger partial charge in [-0.15, -0.1) is 0 Å². The highest BCUT2D eigenvalue weighted by molar-refractivity contribution is 5.87. The molecule has 36 heavy (non-hydrogen) atoms. The largest absolute Gasteiger partial charge is 0.374 e. The van der Waals surface area contributed by atoms with Gasteiger partial charge in [0.2, 0.25) is 17.7 Å². The number of likely N-dealkylation sites (tertiary alicyclic amines) is 1. The number of nitrogens with zero attached hydrogens (tertiary/aromatic N) is 5. The van der Waals surface area contributed by atoms with Gasteiger partial charge in [-0.25, -0.2) is 4.98 Å². The normalized spacial score (nSPS) is 25.4. The number of aromatic nitrogens is 1. The Kier molecular flexibility index (Phi) is 8.04. The fourth-order valence-corrected chi connectivity index (χ4v) is 5.60. The highest BCUT2D eigenvalue weighted by Crippen LogP contribution is 2.30. The van der Waals surface area contributed by atoms with Gasteiger partial charge in [0.15, 0.2) is 0 Å². The third-order valence-electron chi connectivity index (χ3n) is 7.87. The third kappa shape index (κ3) is 6.35. The first-order chi connectivity index (χ1) is 17.6. The monoisotopic (exact) mass is 497 g/mol. The number of hydrogen-bond donors (Lipinski definition) is 0. The van der Waals surface area contributed by atoms with Crippen LogP contribution in [0.2, 0.25) is 0 Å². The zero-order valence-corrected chi connectivity index (χ0v) is 21.2. The van der Waals surface area contributed by atoms with Crippen LogP contribution >= 0.6 is 0 Å². The maximum Gasteiger partial charge on any atom is 0.242 e. The molecule has 196 valence electrons. The van der Waals surface area contributed by atoms with Gasteiger partial charge in [-0.3, -0.25) is 14.4 Å². The molecule has 1 saturated carbocycles. The van der Waals surface area contributed by atoms with Crippen LogP contribution in [-0.4, -0.2) is 102 Å². The number of carbonyl (C=O) groups is 3. The Bertz CT molecular complexity index is 924. The molecule has 5 rings (SSSR count). The molecule has 0 spiro atoms. The second kappa shape index (κ2) is 11.6. The predicted octanol–water partition coefficient (Wildman–Crippen LogP) is 1.78. The summed E-state index contributed by atoms with van der Waals surface area (Å²) in [5, 5.41) is 0. The molecule has 9 heteroatoms. The summed E-state index contributed by atoms with van der Waals surface area (Å²) in [6, 6.07) is 5.85. The summed E-state index contributed by atoms with van der Waals surface area (Å²) in [6.45, 7) is 5.38. The number of rotatable bonds is 9. The van der Waals surface area contributed by atoms with Crippen molar-refractivity contribution in [1.29, 1.82) is 0 Å². The van der Waals surface area contributed by atoms with Crippen molar-refractivity contribution < 1.29 is 19.1 Å². The molecule has 2 unspecified atom stereocenters. The average molecular weight is 498 g/mol. The summed E-state index contributed by atoms with van der Waals surface area (Å²) in [5.41, 5.74) is 0. The van der Waals surface area contributed by atoms with Crippen molar-refractivity contribution in [3.8, 4) is 0 Å². The second-order valence-electron chi connectivity index (χ2n) is 10.8. The van der Waals surface area contributed by atoms with Gasteiger partial charge in [-0.1, -0.05) is 6.07 Å². The molecule has 0 bridgehead atoms. The Morgan fingerprint density at radius 2 is 1.83 bits per heavy atom. The van der Waals surface area contributed by atoms with Crippen molar-refractivity contribution in [3.63, 3.8) is 0 Å². The van der Waals surface area contributed by atoms with Crippen LogP contribution in [0.25, 0.3) is 0 Å². The molecule has 3 saturated heterocycles. The minimum atomic E-state index is -0.176. The van der Waals surface area contributed by atoms with E-state index in [0.717, 1.165) is 44.6 Å². The minimum Gasteiger partial charge on any atom is -0.374 e. The maximum atomic E-state index is 13.7. The number of piperidine rings is 1. The van der Waals surface area contributed by atoms with E-state index in [1.165, 1.54) is 12.8 Å². The maximum absolute atomic E-state index is 13.7. The lowest BCUT2D eigenvalue weighted by Gasteiger charge is -2.35. The summed E-state index contributed by atoms with van der Waals surface area (Å²) in [6.07, 6.45) is 8.08. The van der Waals surface area contributed by atoms with E-state index in [-0.39, 0.29) is 36.3 Å². The molecule has 2 atom stereocenters. The van der Waals surface area contributed by atoms with Gasteiger partial charge in [0, 0.05) is 65.0 Å². The van der Waals surface area contributed by atoms with Gasteiger partial charge in [-0.05, 0) is 56.6 Å². The van der Waals surface area contributed by atoms with Crippen LogP contribution in [0.3, 0.4) is 0 Å². The smallest absolute Gasteiger partial charge is 0.242 e. The number of pyridine rings is 1. The van der Waals surface area contributed by atoms with Crippen LogP contribution in [0, 0.1) is 11.8 Å². The van der Waals surface area contributed by atoms with Crippen molar-refractivity contribution in [1.82, 2.24) is 19.7 Å². The van der Waals surface area contributed by atoms with Gasteiger partial charge in [0.1, 0.15) is 5.82 Å². The van der Waals surface area contributed by atoms with E-state index in [2.05, 4.69) is 9.88 Å². The molecule has 0 N–H and O–H groups in total. The molecule has 1 aliphatic carbocycles. The number of hydrogen-bond acceptors (Lipinski definition) is 6. The highest BCUT2D eigenvalue weighted by Gasteiger charge is 2.36. The first-order valence-electron chi connectivity index (χ1n) is 13.7. The van der Waals surface area contributed by atoms with E-state index in [4.69, 9.17) is 4.74 Å². The lowest BCUT2D eigenvalue weighted by atomic mass is 9.96. The fraction of sp³-hybridized carbons (Fsp3) is 0.704. The zero-order chi connectivity index (χ0) is 24.9. The van der Waals surface area contributed by atoms with E-state index in [1.54, 1.807) is 11.1 Å². The van der Waals surface area contributed by atoms with Gasteiger partial charge in [0.25, 0.3) is 0 Å². The number of amides is 3. The van der Waals surface area contributed by atoms with E-state index >= 15 is 0 Å². The molecule has 0 aromatic carbocycles. The van der Waals surface area contributed by atoms with Crippen molar-refractivity contribution in [2.45, 2.75) is 51.0 Å². The van der Waals surface area contributed by atoms with Crippen molar-refractivity contribution >= 4 is 23.5 Å². The lowest BCUT2D eigenvalue weighted by molar-refractivity contribution is -0.141. The van der Waals surface area contributed by atoms with Crippen LogP contribution in [-0.2, 0) is 19.1 Å². The Balaban J connectivity index is 1.21. The molecule has 3 amide bonds. The molecular formula is C27H39N5O4. The molecule has 1 aromatic rings. The Morgan fingerprint density at radius 1 is 0.972 bits per heavy atom. The van der Waals surface area contributed by atoms with Crippen LogP contribution in [0.4, 0.5) is 5.82 Å². The lowest BCUT2D eigenvalue weighted by Crippen LogP contribution is -2.48. The topological polar surface area (TPSA) is 86.3 Å².